The number of hydrogen-bond donors (Lipinski definition) is 1. The lowest BCUT2D eigenvalue weighted by Gasteiger charge is -2.54. The van der Waals surface area contributed by atoms with Crippen LogP contribution in [-0.4, -0.2) is 42.9 Å². The lowest BCUT2D eigenvalue weighted by Crippen LogP contribution is -2.59. The van der Waals surface area contributed by atoms with Crippen molar-refractivity contribution in [2.24, 2.45) is 22.5 Å². The molecule has 0 bridgehead atoms. The molecule has 26 heavy (non-hydrogen) atoms. The monoisotopic (exact) mass is 375 g/mol. The molecule has 0 aromatic heterocycles. The number of anilines is 1. The Bertz CT molecular complexity index is 772. The molecule has 1 saturated carbocycles. The fourth-order valence-corrected chi connectivity index (χ4v) is 5.72. The number of halogens is 1. The third-order valence-electron chi connectivity index (χ3n) is 6.68. The summed E-state index contributed by atoms with van der Waals surface area (Å²) in [5.41, 5.74) is 6.77. The van der Waals surface area contributed by atoms with Gasteiger partial charge in [-0.1, -0.05) is 25.4 Å². The van der Waals surface area contributed by atoms with Crippen LogP contribution in [0.3, 0.4) is 0 Å². The molecule has 6 heteroatoms. The highest BCUT2D eigenvalue weighted by Crippen LogP contribution is 2.62. The number of primary amides is 1. The number of benzene rings is 1. The summed E-state index contributed by atoms with van der Waals surface area (Å²) >= 11 is 6.47. The van der Waals surface area contributed by atoms with E-state index in [1.807, 2.05) is 12.1 Å². The van der Waals surface area contributed by atoms with Crippen molar-refractivity contribution in [3.8, 4) is 0 Å². The molecular formula is C20H26ClN3O2. The van der Waals surface area contributed by atoms with Gasteiger partial charge in [-0.15, -0.1) is 0 Å². The summed E-state index contributed by atoms with van der Waals surface area (Å²) in [6.07, 6.45) is 3.10. The highest BCUT2D eigenvalue weighted by molar-refractivity contribution is 6.33. The summed E-state index contributed by atoms with van der Waals surface area (Å²) < 4.78 is 0. The van der Waals surface area contributed by atoms with E-state index in [0.717, 1.165) is 25.2 Å². The van der Waals surface area contributed by atoms with Crippen LogP contribution in [0.4, 0.5) is 5.69 Å². The first kappa shape index (κ1) is 17.7. The van der Waals surface area contributed by atoms with Gasteiger partial charge in [-0.2, -0.15) is 0 Å². The minimum atomic E-state index is -0.557. The Morgan fingerprint density at radius 3 is 2.46 bits per heavy atom. The van der Waals surface area contributed by atoms with Crippen LogP contribution in [0.15, 0.2) is 18.2 Å². The number of fused-ring (bicyclic) bond motifs is 1. The predicted octanol–water partition coefficient (Wildman–Crippen LogP) is 2.91. The average molecular weight is 376 g/mol. The topological polar surface area (TPSA) is 66.6 Å². The van der Waals surface area contributed by atoms with Crippen molar-refractivity contribution < 1.29 is 9.59 Å². The van der Waals surface area contributed by atoms with Crippen LogP contribution in [-0.2, 0) is 4.79 Å². The maximum Gasteiger partial charge on any atom is 0.253 e. The molecule has 140 valence electrons. The van der Waals surface area contributed by atoms with E-state index in [0.29, 0.717) is 23.7 Å². The number of nitrogens with two attached hydrogens (primary N) is 1. The molecule has 2 N–H and O–H groups in total. The Morgan fingerprint density at radius 1 is 1.23 bits per heavy atom. The van der Waals surface area contributed by atoms with Gasteiger partial charge >= 0.3 is 0 Å². The van der Waals surface area contributed by atoms with Crippen molar-refractivity contribution >= 4 is 29.1 Å². The molecule has 5 nitrogen and oxygen atoms in total. The van der Waals surface area contributed by atoms with Crippen LogP contribution >= 0.6 is 11.6 Å². The summed E-state index contributed by atoms with van der Waals surface area (Å²) in [7, 11) is 0. The highest BCUT2D eigenvalue weighted by Gasteiger charge is 2.66. The van der Waals surface area contributed by atoms with E-state index in [1.54, 1.807) is 11.0 Å². The zero-order valence-corrected chi connectivity index (χ0v) is 16.2. The molecule has 3 fully saturated rings. The fraction of sp³-hybridized carbons (Fsp3) is 0.600. The first-order valence-electron chi connectivity index (χ1n) is 9.38. The molecule has 2 heterocycles. The van der Waals surface area contributed by atoms with Crippen LogP contribution in [0, 0.1) is 16.7 Å². The van der Waals surface area contributed by atoms with E-state index in [1.165, 1.54) is 12.8 Å². The second-order valence-corrected chi connectivity index (χ2v) is 9.19. The molecule has 1 aliphatic carbocycles. The fourth-order valence-electron chi connectivity index (χ4n) is 5.42. The molecule has 2 amide bonds. The number of carbonyl (C=O) groups is 2. The van der Waals surface area contributed by atoms with Crippen molar-refractivity contribution in [2.45, 2.75) is 33.1 Å². The van der Waals surface area contributed by atoms with E-state index in [2.05, 4.69) is 18.7 Å². The number of carbonyl (C=O) groups excluding carboxylic acids is 2. The summed E-state index contributed by atoms with van der Waals surface area (Å²) in [5, 5.41) is 0.616. The Hall–Kier alpha value is -1.75. The molecule has 0 unspecified atom stereocenters. The third-order valence-corrected chi connectivity index (χ3v) is 6.98. The highest BCUT2D eigenvalue weighted by atomic mass is 35.5. The van der Waals surface area contributed by atoms with Gasteiger partial charge in [0.25, 0.3) is 5.91 Å². The average Bonchev–Trinajstić information content (AvgIpc) is 3.20. The molecular weight excluding hydrogens is 350 g/mol. The van der Waals surface area contributed by atoms with Crippen LogP contribution in [0.2, 0.25) is 5.02 Å². The van der Waals surface area contributed by atoms with Crippen molar-refractivity contribution in [1.82, 2.24) is 4.90 Å². The molecule has 2 aliphatic heterocycles. The Morgan fingerprint density at radius 2 is 1.92 bits per heavy atom. The molecule has 0 spiro atoms. The summed E-state index contributed by atoms with van der Waals surface area (Å²) in [6, 6.07) is 5.56. The standard InChI is InChI=1S/C20H26ClN3O2/c1-19(2)11-20(18(22)26)12-24(10-16(19)20)17(25)13-5-6-15(14(21)9-13)23-7-3-4-8-23/h5-6,9,16H,3-4,7-8,10-12H2,1-2H3,(H2,22,26)/t16-,20+/m1/s1. The normalized spacial score (nSPS) is 29.4. The van der Waals surface area contributed by atoms with Gasteiger partial charge in [-0.05, 0) is 48.8 Å². The number of rotatable bonds is 3. The van der Waals surface area contributed by atoms with E-state index in [-0.39, 0.29) is 23.1 Å². The molecule has 4 rings (SSSR count). The van der Waals surface area contributed by atoms with Crippen LogP contribution < -0.4 is 10.6 Å². The quantitative estimate of drug-likeness (QED) is 0.883. The molecule has 0 radical (unpaired) electrons. The first-order chi connectivity index (χ1) is 12.2. The lowest BCUT2D eigenvalue weighted by atomic mass is 9.48. The number of hydrogen-bond acceptors (Lipinski definition) is 3. The molecule has 3 aliphatic rings. The smallest absolute Gasteiger partial charge is 0.253 e. The van der Waals surface area contributed by atoms with Gasteiger partial charge in [0, 0.05) is 31.7 Å². The predicted molar refractivity (Wildman–Crippen MR) is 102 cm³/mol. The summed E-state index contributed by atoms with van der Waals surface area (Å²) in [6.45, 7) is 7.32. The first-order valence-corrected chi connectivity index (χ1v) is 9.76. The second-order valence-electron chi connectivity index (χ2n) is 8.78. The van der Waals surface area contributed by atoms with Gasteiger partial charge in [0.05, 0.1) is 16.1 Å². The Balaban J connectivity index is 1.55. The van der Waals surface area contributed by atoms with Crippen molar-refractivity contribution in [3.63, 3.8) is 0 Å². The number of amides is 2. The molecule has 1 aromatic carbocycles. The second kappa shape index (κ2) is 5.88. The SMILES string of the molecule is CC1(C)C[C@]2(C(N)=O)CN(C(=O)c3ccc(N4CCCC4)c(Cl)c3)C[C@H]12. The van der Waals surface area contributed by atoms with Gasteiger partial charge < -0.3 is 15.5 Å². The summed E-state index contributed by atoms with van der Waals surface area (Å²) in [4.78, 5) is 29.2. The van der Waals surface area contributed by atoms with Gasteiger partial charge in [0.15, 0.2) is 0 Å². The van der Waals surface area contributed by atoms with Crippen LogP contribution in [0.1, 0.15) is 43.5 Å². The van der Waals surface area contributed by atoms with E-state index >= 15 is 0 Å². The molecule has 2 saturated heterocycles. The van der Waals surface area contributed by atoms with Crippen LogP contribution in [0.25, 0.3) is 0 Å². The zero-order chi connectivity index (χ0) is 18.7. The maximum atomic E-state index is 13.0. The Kier molecular flexibility index (Phi) is 3.99. The number of nitrogens with zero attached hydrogens (tertiary/aromatic N) is 2. The molecule has 2 atom stereocenters. The van der Waals surface area contributed by atoms with Gasteiger partial charge in [0.2, 0.25) is 5.91 Å². The van der Waals surface area contributed by atoms with Crippen molar-refractivity contribution in [3.05, 3.63) is 28.8 Å². The van der Waals surface area contributed by atoms with E-state index in [9.17, 15) is 9.59 Å². The summed E-state index contributed by atoms with van der Waals surface area (Å²) in [5.74, 6) is -0.207. The Labute approximate surface area is 159 Å². The van der Waals surface area contributed by atoms with E-state index < -0.39 is 5.41 Å². The van der Waals surface area contributed by atoms with Gasteiger partial charge in [0.1, 0.15) is 0 Å². The van der Waals surface area contributed by atoms with Crippen molar-refractivity contribution in [2.75, 3.05) is 31.1 Å². The lowest BCUT2D eigenvalue weighted by molar-refractivity contribution is -0.148. The molecule has 1 aromatic rings. The minimum absolute atomic E-state index is 0.0430. The van der Waals surface area contributed by atoms with Gasteiger partial charge in [-0.3, -0.25) is 9.59 Å². The largest absolute Gasteiger partial charge is 0.370 e. The van der Waals surface area contributed by atoms with Crippen molar-refractivity contribution in [1.29, 1.82) is 0 Å². The zero-order valence-electron chi connectivity index (χ0n) is 15.4. The van der Waals surface area contributed by atoms with E-state index in [4.69, 9.17) is 17.3 Å². The third kappa shape index (κ3) is 2.51. The maximum absolute atomic E-state index is 13.0. The van der Waals surface area contributed by atoms with Gasteiger partial charge in [-0.25, -0.2) is 0 Å². The number of likely N-dealkylation sites (tertiary alicyclic amines) is 1. The minimum Gasteiger partial charge on any atom is -0.370 e. The van der Waals surface area contributed by atoms with Crippen LogP contribution in [0.5, 0.6) is 0 Å².